The van der Waals surface area contributed by atoms with Gasteiger partial charge in [0, 0.05) is 6.04 Å². The van der Waals surface area contributed by atoms with Gasteiger partial charge in [0.1, 0.15) is 0 Å². The predicted octanol–water partition coefficient (Wildman–Crippen LogP) is 0.762. The summed E-state index contributed by atoms with van der Waals surface area (Å²) in [5.74, 6) is 0. The molecule has 0 aliphatic heterocycles. The highest BCUT2D eigenvalue weighted by Gasteiger charge is 2.33. The van der Waals surface area contributed by atoms with Gasteiger partial charge in [-0.15, -0.1) is 0 Å². The van der Waals surface area contributed by atoms with Crippen LogP contribution in [0.2, 0.25) is 0 Å². The molecule has 4 nitrogen and oxygen atoms in total. The SMILES string of the molecule is O=S(=O)(NC1CCC(O)CC1)C1CCC1. The summed E-state index contributed by atoms with van der Waals surface area (Å²) >= 11 is 0. The molecule has 0 aromatic heterocycles. The molecule has 2 aliphatic carbocycles. The number of sulfonamides is 1. The van der Waals surface area contributed by atoms with Crippen molar-refractivity contribution in [3.63, 3.8) is 0 Å². The molecule has 2 fully saturated rings. The minimum Gasteiger partial charge on any atom is -0.393 e. The number of aliphatic hydroxyl groups is 1. The number of hydrogen-bond acceptors (Lipinski definition) is 3. The van der Waals surface area contributed by atoms with Crippen LogP contribution in [-0.4, -0.2) is 30.9 Å². The maximum atomic E-state index is 11.8. The smallest absolute Gasteiger partial charge is 0.214 e. The van der Waals surface area contributed by atoms with Gasteiger partial charge < -0.3 is 5.11 Å². The molecule has 2 aliphatic rings. The number of nitrogens with one attached hydrogen (secondary N) is 1. The van der Waals surface area contributed by atoms with Gasteiger partial charge in [-0.05, 0) is 38.5 Å². The first-order valence-corrected chi connectivity index (χ1v) is 7.32. The Morgan fingerprint density at radius 3 is 2.07 bits per heavy atom. The molecule has 0 aromatic rings. The van der Waals surface area contributed by atoms with Crippen molar-refractivity contribution < 1.29 is 13.5 Å². The monoisotopic (exact) mass is 233 g/mol. The van der Waals surface area contributed by atoms with Crippen LogP contribution in [0.5, 0.6) is 0 Å². The van der Waals surface area contributed by atoms with E-state index in [1.807, 2.05) is 0 Å². The minimum atomic E-state index is -3.07. The Morgan fingerprint density at radius 1 is 1.00 bits per heavy atom. The molecule has 0 aromatic carbocycles. The van der Waals surface area contributed by atoms with Crippen LogP contribution in [0.4, 0.5) is 0 Å². The lowest BCUT2D eigenvalue weighted by molar-refractivity contribution is 0.120. The number of hydrogen-bond donors (Lipinski definition) is 2. The molecular weight excluding hydrogens is 214 g/mol. The Hall–Kier alpha value is -0.130. The van der Waals surface area contributed by atoms with Crippen molar-refractivity contribution in [1.29, 1.82) is 0 Å². The van der Waals surface area contributed by atoms with Crippen molar-refractivity contribution in [3.05, 3.63) is 0 Å². The molecule has 0 spiro atoms. The summed E-state index contributed by atoms with van der Waals surface area (Å²) in [5.41, 5.74) is 0. The van der Waals surface area contributed by atoms with Crippen LogP contribution in [0.15, 0.2) is 0 Å². The Kier molecular flexibility index (Phi) is 3.33. The normalized spacial score (nSPS) is 33.7. The van der Waals surface area contributed by atoms with Crippen molar-refractivity contribution in [3.8, 4) is 0 Å². The molecule has 0 amide bonds. The molecule has 88 valence electrons. The quantitative estimate of drug-likeness (QED) is 0.756. The predicted molar refractivity (Wildman–Crippen MR) is 58.0 cm³/mol. The first-order chi connectivity index (χ1) is 7.08. The average Bonchev–Trinajstić information content (AvgIpc) is 2.04. The van der Waals surface area contributed by atoms with Gasteiger partial charge in [-0.3, -0.25) is 0 Å². The van der Waals surface area contributed by atoms with E-state index in [0.29, 0.717) is 0 Å². The molecule has 0 radical (unpaired) electrons. The summed E-state index contributed by atoms with van der Waals surface area (Å²) in [4.78, 5) is 0. The fourth-order valence-electron chi connectivity index (χ4n) is 2.20. The van der Waals surface area contributed by atoms with Gasteiger partial charge in [-0.1, -0.05) is 6.42 Å². The standard InChI is InChI=1S/C10H19NO3S/c12-9-6-4-8(5-7-9)11-15(13,14)10-2-1-3-10/h8-12H,1-7H2. The van der Waals surface area contributed by atoms with Gasteiger partial charge in [-0.2, -0.15) is 0 Å². The van der Waals surface area contributed by atoms with E-state index in [1.54, 1.807) is 0 Å². The lowest BCUT2D eigenvalue weighted by Gasteiger charge is -2.31. The highest BCUT2D eigenvalue weighted by molar-refractivity contribution is 7.90. The second-order valence-electron chi connectivity index (χ2n) is 4.72. The van der Waals surface area contributed by atoms with E-state index in [0.717, 1.165) is 44.9 Å². The first kappa shape index (κ1) is 11.4. The first-order valence-electron chi connectivity index (χ1n) is 5.77. The third-order valence-corrected chi connectivity index (χ3v) is 5.53. The summed E-state index contributed by atoms with van der Waals surface area (Å²) in [7, 11) is -3.07. The molecule has 5 heteroatoms. The van der Waals surface area contributed by atoms with Crippen LogP contribution in [0.1, 0.15) is 44.9 Å². The molecule has 2 N–H and O–H groups in total. The molecule has 2 rings (SSSR count). The third kappa shape index (κ3) is 2.71. The van der Waals surface area contributed by atoms with E-state index in [1.165, 1.54) is 0 Å². The molecule has 0 saturated heterocycles. The van der Waals surface area contributed by atoms with Gasteiger partial charge in [0.05, 0.1) is 11.4 Å². The second-order valence-corrected chi connectivity index (χ2v) is 6.71. The Labute approximate surface area is 91.1 Å². The minimum absolute atomic E-state index is 0.0546. The van der Waals surface area contributed by atoms with Crippen molar-refractivity contribution in [2.45, 2.75) is 62.3 Å². The van der Waals surface area contributed by atoms with Gasteiger partial charge >= 0.3 is 0 Å². The van der Waals surface area contributed by atoms with Crippen molar-refractivity contribution in [1.82, 2.24) is 4.72 Å². The van der Waals surface area contributed by atoms with Crippen LogP contribution in [0, 0.1) is 0 Å². The Bertz CT molecular complexity index is 303. The summed E-state index contributed by atoms with van der Waals surface area (Å²) in [5, 5.41) is 9.17. The lowest BCUT2D eigenvalue weighted by atomic mass is 9.94. The van der Waals surface area contributed by atoms with E-state index in [2.05, 4.69) is 4.72 Å². The molecule has 0 heterocycles. The molecule has 0 bridgehead atoms. The fraction of sp³-hybridized carbons (Fsp3) is 1.00. The Morgan fingerprint density at radius 2 is 1.60 bits per heavy atom. The number of rotatable bonds is 3. The van der Waals surface area contributed by atoms with Crippen LogP contribution in [0.25, 0.3) is 0 Å². The van der Waals surface area contributed by atoms with Crippen LogP contribution < -0.4 is 4.72 Å². The highest BCUT2D eigenvalue weighted by Crippen LogP contribution is 2.27. The van der Waals surface area contributed by atoms with Gasteiger partial charge in [0.15, 0.2) is 0 Å². The maximum absolute atomic E-state index is 11.8. The van der Waals surface area contributed by atoms with E-state index >= 15 is 0 Å². The van der Waals surface area contributed by atoms with Crippen molar-refractivity contribution in [2.24, 2.45) is 0 Å². The van der Waals surface area contributed by atoms with Gasteiger partial charge in [0.25, 0.3) is 0 Å². The zero-order valence-corrected chi connectivity index (χ0v) is 9.67. The Balaban J connectivity index is 1.85. The number of aliphatic hydroxyl groups excluding tert-OH is 1. The van der Waals surface area contributed by atoms with Gasteiger partial charge in [-0.25, -0.2) is 13.1 Å². The zero-order valence-electron chi connectivity index (χ0n) is 8.85. The van der Waals surface area contributed by atoms with Crippen molar-refractivity contribution in [2.75, 3.05) is 0 Å². The second kappa shape index (κ2) is 4.39. The van der Waals surface area contributed by atoms with Crippen molar-refractivity contribution >= 4 is 10.0 Å². The van der Waals surface area contributed by atoms with E-state index in [4.69, 9.17) is 0 Å². The lowest BCUT2D eigenvalue weighted by Crippen LogP contribution is -2.45. The summed E-state index contributed by atoms with van der Waals surface area (Å²) in [6, 6.07) is 0.0546. The fourth-order valence-corrected chi connectivity index (χ4v) is 4.05. The molecule has 0 atom stereocenters. The molecule has 15 heavy (non-hydrogen) atoms. The topological polar surface area (TPSA) is 66.4 Å². The zero-order chi connectivity index (χ0) is 10.9. The van der Waals surface area contributed by atoms with E-state index < -0.39 is 10.0 Å². The molecular formula is C10H19NO3S. The van der Waals surface area contributed by atoms with Crippen LogP contribution in [0.3, 0.4) is 0 Å². The van der Waals surface area contributed by atoms with Crippen LogP contribution >= 0.6 is 0 Å². The summed E-state index contributed by atoms with van der Waals surface area (Å²) in [6.45, 7) is 0. The van der Waals surface area contributed by atoms with E-state index in [-0.39, 0.29) is 17.4 Å². The average molecular weight is 233 g/mol. The summed E-state index contributed by atoms with van der Waals surface area (Å²) in [6.07, 6.45) is 5.41. The molecule has 2 saturated carbocycles. The summed E-state index contributed by atoms with van der Waals surface area (Å²) < 4.78 is 26.4. The van der Waals surface area contributed by atoms with E-state index in [9.17, 15) is 13.5 Å². The van der Waals surface area contributed by atoms with Crippen LogP contribution in [-0.2, 0) is 10.0 Å². The largest absolute Gasteiger partial charge is 0.393 e. The third-order valence-electron chi connectivity index (χ3n) is 3.52. The van der Waals surface area contributed by atoms with Gasteiger partial charge in [0.2, 0.25) is 10.0 Å². The highest BCUT2D eigenvalue weighted by atomic mass is 32.2. The molecule has 0 unspecified atom stereocenters. The maximum Gasteiger partial charge on any atom is 0.214 e.